The van der Waals surface area contributed by atoms with Crippen molar-refractivity contribution in [2.45, 2.75) is 187 Å². The Morgan fingerprint density at radius 3 is 1.51 bits per heavy atom. The molecule has 1 atom stereocenters. The summed E-state index contributed by atoms with van der Waals surface area (Å²) in [6.45, 7) is 4.49. The second-order valence-corrected chi connectivity index (χ2v) is 12.4. The van der Waals surface area contributed by atoms with Crippen LogP contribution in [0.5, 0.6) is 0 Å². The molecule has 258 valence electrons. The summed E-state index contributed by atoms with van der Waals surface area (Å²) in [6.07, 6.45) is 49.5. The van der Waals surface area contributed by atoms with Crippen LogP contribution in [0, 0.1) is 0 Å². The van der Waals surface area contributed by atoms with Crippen LogP contribution in [0.25, 0.3) is 0 Å². The van der Waals surface area contributed by atoms with Crippen LogP contribution in [0.3, 0.4) is 0 Å². The summed E-state index contributed by atoms with van der Waals surface area (Å²) < 4.78 is 5.87. The molecule has 0 bridgehead atoms. The van der Waals surface area contributed by atoms with Crippen LogP contribution in [0.4, 0.5) is 0 Å². The molecule has 0 aromatic heterocycles. The number of carbonyl (C=O) groups excluding carboxylic acids is 1. The number of ether oxygens (including phenoxy) is 1. The van der Waals surface area contributed by atoms with Gasteiger partial charge < -0.3 is 9.84 Å². The van der Waals surface area contributed by atoms with Gasteiger partial charge in [-0.3, -0.25) is 9.59 Å². The lowest BCUT2D eigenvalue weighted by Crippen LogP contribution is -2.16. The highest BCUT2D eigenvalue weighted by molar-refractivity contribution is 5.69. The highest BCUT2D eigenvalue weighted by atomic mass is 16.5. The summed E-state index contributed by atoms with van der Waals surface area (Å²) in [5, 5.41) is 8.80. The molecular weight excluding hydrogens is 556 g/mol. The van der Waals surface area contributed by atoms with Gasteiger partial charge in [0.2, 0.25) is 0 Å². The van der Waals surface area contributed by atoms with E-state index < -0.39 is 5.97 Å². The minimum absolute atomic E-state index is 0.0868. The van der Waals surface area contributed by atoms with Crippen molar-refractivity contribution in [1.82, 2.24) is 0 Å². The van der Waals surface area contributed by atoms with E-state index in [4.69, 9.17) is 9.84 Å². The van der Waals surface area contributed by atoms with Gasteiger partial charge in [-0.15, -0.1) is 0 Å². The molecule has 0 heterocycles. The Morgan fingerprint density at radius 1 is 0.511 bits per heavy atom. The maximum atomic E-state index is 12.6. The third-order valence-electron chi connectivity index (χ3n) is 7.95. The van der Waals surface area contributed by atoms with Crippen molar-refractivity contribution >= 4 is 11.9 Å². The second-order valence-electron chi connectivity index (χ2n) is 12.4. The average molecular weight is 627 g/mol. The zero-order valence-electron chi connectivity index (χ0n) is 29.4. The summed E-state index contributed by atoms with van der Waals surface area (Å²) in [5.74, 6) is -0.806. The SMILES string of the molecule is CCCCC/C=C\C/C=C\C/C=C\C(CCCCCCCC(=O)O)OC(=O)CCCCCCC/C=C\C/C=C\CCCCCC. The molecule has 0 aliphatic rings. The van der Waals surface area contributed by atoms with Gasteiger partial charge in [-0.05, 0) is 89.5 Å². The van der Waals surface area contributed by atoms with E-state index in [0.717, 1.165) is 77.0 Å². The fraction of sp³-hybridized carbons (Fsp3) is 0.707. The number of allylic oxidation sites excluding steroid dienone is 9. The van der Waals surface area contributed by atoms with E-state index in [2.05, 4.69) is 74.6 Å². The van der Waals surface area contributed by atoms with E-state index in [-0.39, 0.29) is 18.5 Å². The van der Waals surface area contributed by atoms with Crippen LogP contribution >= 0.6 is 0 Å². The number of esters is 1. The molecule has 0 aromatic rings. The molecular formula is C41H70O4. The molecule has 45 heavy (non-hydrogen) atoms. The zero-order chi connectivity index (χ0) is 32.9. The molecule has 0 saturated heterocycles. The Balaban J connectivity index is 4.21. The molecule has 0 radical (unpaired) electrons. The maximum absolute atomic E-state index is 12.6. The summed E-state index contributed by atoms with van der Waals surface area (Å²) in [7, 11) is 0. The Labute approximate surface area is 278 Å². The predicted molar refractivity (Wildman–Crippen MR) is 195 cm³/mol. The quantitative estimate of drug-likeness (QED) is 0.0447. The predicted octanol–water partition coefficient (Wildman–Crippen LogP) is 12.9. The van der Waals surface area contributed by atoms with Crippen LogP contribution < -0.4 is 0 Å². The van der Waals surface area contributed by atoms with Crippen molar-refractivity contribution in [2.75, 3.05) is 0 Å². The molecule has 0 spiro atoms. The summed E-state index contributed by atoms with van der Waals surface area (Å²) in [5.41, 5.74) is 0. The Kier molecular flexibility index (Phi) is 34.2. The van der Waals surface area contributed by atoms with E-state index in [1.807, 2.05) is 0 Å². The van der Waals surface area contributed by atoms with Crippen molar-refractivity contribution in [3.8, 4) is 0 Å². The molecule has 0 amide bonds. The fourth-order valence-electron chi connectivity index (χ4n) is 5.14. The first kappa shape index (κ1) is 42.6. The van der Waals surface area contributed by atoms with E-state index in [1.54, 1.807) is 0 Å². The molecule has 1 unspecified atom stereocenters. The van der Waals surface area contributed by atoms with Gasteiger partial charge in [0, 0.05) is 12.8 Å². The highest BCUT2D eigenvalue weighted by Gasteiger charge is 2.11. The van der Waals surface area contributed by atoms with Crippen molar-refractivity contribution in [1.29, 1.82) is 0 Å². The topological polar surface area (TPSA) is 63.6 Å². The van der Waals surface area contributed by atoms with Crippen molar-refractivity contribution in [2.24, 2.45) is 0 Å². The number of rotatable bonds is 33. The molecule has 0 saturated carbocycles. The average Bonchev–Trinajstić information content (AvgIpc) is 3.02. The monoisotopic (exact) mass is 627 g/mol. The second kappa shape index (κ2) is 36.1. The fourth-order valence-corrected chi connectivity index (χ4v) is 5.14. The van der Waals surface area contributed by atoms with Crippen LogP contribution in [0.1, 0.15) is 181 Å². The first-order chi connectivity index (χ1) is 22.1. The molecule has 0 rings (SSSR count). The van der Waals surface area contributed by atoms with Crippen LogP contribution in [0.2, 0.25) is 0 Å². The Morgan fingerprint density at radius 2 is 0.933 bits per heavy atom. The number of carboxylic acids is 1. The minimum atomic E-state index is -0.719. The lowest BCUT2D eigenvalue weighted by atomic mass is 10.1. The molecule has 4 nitrogen and oxygen atoms in total. The minimum Gasteiger partial charge on any atom is -0.481 e. The van der Waals surface area contributed by atoms with Gasteiger partial charge in [0.05, 0.1) is 0 Å². The lowest BCUT2D eigenvalue weighted by molar-refractivity contribution is -0.147. The Bertz CT molecular complexity index is 804. The van der Waals surface area contributed by atoms with Gasteiger partial charge in [0.1, 0.15) is 6.10 Å². The number of unbranched alkanes of at least 4 members (excludes halogenated alkanes) is 16. The van der Waals surface area contributed by atoms with Gasteiger partial charge in [-0.25, -0.2) is 0 Å². The summed E-state index contributed by atoms with van der Waals surface area (Å²) in [4.78, 5) is 23.3. The molecule has 1 N–H and O–H groups in total. The van der Waals surface area contributed by atoms with E-state index in [1.165, 1.54) is 77.0 Å². The van der Waals surface area contributed by atoms with E-state index in [0.29, 0.717) is 6.42 Å². The number of aliphatic carboxylic acids is 1. The van der Waals surface area contributed by atoms with Crippen LogP contribution in [0.15, 0.2) is 60.8 Å². The number of carboxylic acid groups (broad SMARTS) is 1. The van der Waals surface area contributed by atoms with Crippen LogP contribution in [-0.2, 0) is 14.3 Å². The normalized spacial score (nSPS) is 12.9. The van der Waals surface area contributed by atoms with Gasteiger partial charge in [0.15, 0.2) is 0 Å². The van der Waals surface area contributed by atoms with Gasteiger partial charge >= 0.3 is 11.9 Å². The highest BCUT2D eigenvalue weighted by Crippen LogP contribution is 2.15. The summed E-state index contributed by atoms with van der Waals surface area (Å²) in [6, 6.07) is 0. The van der Waals surface area contributed by atoms with Crippen molar-refractivity contribution in [3.63, 3.8) is 0 Å². The zero-order valence-corrected chi connectivity index (χ0v) is 29.4. The Hall–Kier alpha value is -2.36. The van der Waals surface area contributed by atoms with E-state index >= 15 is 0 Å². The maximum Gasteiger partial charge on any atom is 0.306 e. The third kappa shape index (κ3) is 36.0. The first-order valence-corrected chi connectivity index (χ1v) is 18.8. The molecule has 0 aliphatic heterocycles. The van der Waals surface area contributed by atoms with Gasteiger partial charge in [-0.1, -0.05) is 139 Å². The number of hydrogen-bond acceptors (Lipinski definition) is 3. The molecule has 0 aliphatic carbocycles. The number of carbonyl (C=O) groups is 2. The smallest absolute Gasteiger partial charge is 0.306 e. The van der Waals surface area contributed by atoms with E-state index in [9.17, 15) is 9.59 Å². The van der Waals surface area contributed by atoms with Gasteiger partial charge in [0.25, 0.3) is 0 Å². The standard InChI is InChI=1S/C41H70O4/c1-3-5-7-9-11-13-15-16-17-18-19-21-23-25-30-34-38-41(44)45-39(36-32-28-26-29-33-37-40(42)43)35-31-27-24-22-20-14-12-10-8-6-4-2/h12-15,17-18,22,24,31,35,39H,3-11,16,19-21,23,25-30,32-34,36-38H2,1-2H3,(H,42,43)/b14-12-,15-13-,18-17-,24-22-,35-31-. The van der Waals surface area contributed by atoms with Gasteiger partial charge in [-0.2, -0.15) is 0 Å². The molecule has 4 heteroatoms. The summed E-state index contributed by atoms with van der Waals surface area (Å²) >= 11 is 0. The molecule has 0 aromatic carbocycles. The van der Waals surface area contributed by atoms with Crippen molar-refractivity contribution in [3.05, 3.63) is 60.8 Å². The third-order valence-corrected chi connectivity index (χ3v) is 7.95. The van der Waals surface area contributed by atoms with Crippen LogP contribution in [-0.4, -0.2) is 23.1 Å². The van der Waals surface area contributed by atoms with Crippen molar-refractivity contribution < 1.29 is 19.4 Å². The lowest BCUT2D eigenvalue weighted by Gasteiger charge is -2.14. The molecule has 0 fully saturated rings. The largest absolute Gasteiger partial charge is 0.481 e. The number of hydrogen-bond donors (Lipinski definition) is 1. The first-order valence-electron chi connectivity index (χ1n) is 18.8.